The van der Waals surface area contributed by atoms with Gasteiger partial charge in [0, 0.05) is 23.7 Å². The van der Waals surface area contributed by atoms with Gasteiger partial charge in [-0.15, -0.1) is 0 Å². The topological polar surface area (TPSA) is 566 Å². The molecule has 0 aliphatic carbocycles. The predicted octanol–water partition coefficient (Wildman–Crippen LogP) is -9.46. The van der Waals surface area contributed by atoms with Crippen LogP contribution in [0.15, 0.2) is 23.4 Å². The smallest absolute Gasteiger partial charge is 0.397 e. The largest absolute Gasteiger partial charge is 0.488 e. The maximum atomic E-state index is 12.7. The summed E-state index contributed by atoms with van der Waals surface area (Å²) < 4.78 is 135. The van der Waals surface area contributed by atoms with E-state index < -0.39 is 268 Å². The van der Waals surface area contributed by atoms with Crippen LogP contribution in [-0.2, 0) is 90.9 Å². The fourth-order valence-corrected chi connectivity index (χ4v) is 10.9. The third-order valence-electron chi connectivity index (χ3n) is 14.3. The van der Waals surface area contributed by atoms with Crippen LogP contribution in [0.2, 0.25) is 0 Å². The minimum absolute atomic E-state index is 0.584. The molecule has 0 bridgehead atoms. The summed E-state index contributed by atoms with van der Waals surface area (Å²) in [6.07, 6.45) is -38.3. The van der Waals surface area contributed by atoms with E-state index in [1.54, 1.807) is 0 Å². The van der Waals surface area contributed by atoms with Crippen LogP contribution in [0.5, 0.6) is 0 Å². The van der Waals surface area contributed by atoms with E-state index in [0.717, 1.165) is 0 Å². The van der Waals surface area contributed by atoms with Crippen molar-refractivity contribution in [2.45, 2.75) is 149 Å². The number of carboxylic acid groups (broad SMARTS) is 2. The number of hydrogen-bond acceptors (Lipinski definition) is 32. The molecule has 0 aromatic rings. The molecule has 11 unspecified atom stereocenters. The Hall–Kier alpha value is -3.28. The van der Waals surface area contributed by atoms with E-state index in [1.807, 2.05) is 0 Å². The van der Waals surface area contributed by atoms with Crippen molar-refractivity contribution in [3.63, 3.8) is 0 Å². The summed E-state index contributed by atoms with van der Waals surface area (Å²) in [5.41, 5.74) is 0. The fraction of sp³-hybridized carbons (Fsp3) is 0.860. The molecule has 17 N–H and O–H groups in total. The molecule has 6 aliphatic rings. The number of carboxylic acids is 2. The van der Waals surface area contributed by atoms with Crippen LogP contribution < -0.4 is 0 Å². The fourth-order valence-electron chi connectivity index (χ4n) is 9.93. The van der Waals surface area contributed by atoms with Gasteiger partial charge in [0.25, 0.3) is 0 Å². The first-order valence-electron chi connectivity index (χ1n) is 24.8. The van der Waals surface area contributed by atoms with Crippen LogP contribution >= 0.6 is 0 Å². The van der Waals surface area contributed by atoms with E-state index in [1.165, 1.54) is 13.8 Å². The first kappa shape index (κ1) is 66.9. The van der Waals surface area contributed by atoms with Gasteiger partial charge >= 0.3 is 32.7 Å². The molecule has 0 amide bonds. The number of carbonyl (C=O) groups is 2. The zero-order chi connectivity index (χ0) is 60.2. The van der Waals surface area contributed by atoms with E-state index in [4.69, 9.17) is 52.1 Å². The summed E-state index contributed by atoms with van der Waals surface area (Å²) in [5.74, 6) is -12.1. The Bertz CT molecular complexity index is 2380. The Morgan fingerprint density at radius 3 is 1.44 bits per heavy atom. The van der Waals surface area contributed by atoms with E-state index in [2.05, 4.69) is 8.37 Å². The highest BCUT2D eigenvalue weighted by Gasteiger charge is 2.52. The van der Waals surface area contributed by atoms with Crippen molar-refractivity contribution >= 4 is 32.7 Å². The molecule has 6 aliphatic heterocycles. The molecular weight excluding hydrogens is 1160 g/mol. The Balaban J connectivity index is 1.19. The van der Waals surface area contributed by atoms with Gasteiger partial charge in [-0.1, -0.05) is 0 Å². The van der Waals surface area contributed by atoms with E-state index in [0.29, 0.717) is 6.08 Å². The highest BCUT2D eigenvalue weighted by molar-refractivity contribution is 7.81. The molecular formula is C43H68O36S2. The van der Waals surface area contributed by atoms with Crippen molar-refractivity contribution < 1.29 is 173 Å². The maximum absolute atomic E-state index is 12.7. The highest BCUT2D eigenvalue weighted by Crippen LogP contribution is 2.38. The quantitative estimate of drug-likeness (QED) is 0.0378. The zero-order valence-electron chi connectivity index (χ0n) is 42.6. The normalized spacial score (nSPS) is 42.6. The van der Waals surface area contributed by atoms with Crippen LogP contribution in [0.1, 0.15) is 13.8 Å². The molecule has 4 saturated heterocycles. The molecule has 81 heavy (non-hydrogen) atoms. The second-order valence-electron chi connectivity index (χ2n) is 19.8. The van der Waals surface area contributed by atoms with Gasteiger partial charge in [-0.05, 0) is 19.9 Å². The van der Waals surface area contributed by atoms with Crippen molar-refractivity contribution in [1.82, 2.24) is 0 Å². The van der Waals surface area contributed by atoms with Crippen LogP contribution in [0.4, 0.5) is 0 Å². The standard InChI is InChI=1S/C43H68O36S2/c1-13-26(47)35(78-80(61,62)63)31(52)24(72-13)10-67-6-16-15(8-70-42-30(51)19(46)3-20(76-42)39(56)57)23(74-21(4-44)28(16)49)12-69-37-33(54)34(55)43(77-38(37)40(58)59)71-9-18-17(29(50)22(5-45)75-41(18)60)7-68-11-25-32(53)36(79-81(64,65)66)27(48)14(2)73-25/h3,13-19,21-36,41-55,60H,4-12H2,1-2H3,(H,56,57)(H,58,59)(H,61,62,63)(H,64,65,66)/t13?,14?,15-,16?,17?,18-,19?,21?,22?,23-,24-,25-,26-,27-,28+,29+,30-,31+,32+,33?,34-,35?,36?,41?,42+,43+/m0/s1. The lowest BCUT2D eigenvalue weighted by atomic mass is 9.79. The molecule has 0 saturated carbocycles. The SMILES string of the molecule is CC1O[C@@H](COCC2[C@@H](O)C(CO)OC(O)[C@H]2CO[C@@H]2OC(C(=O)O)=C(OC[C@@H]3OC(CO)[C@H](O)C(COC[C@@H]4OC(C)[C@H](O)C(OS(=O)(=O)O)[C@@H]4O)[C@@H]3CO[C@@H]3OC(C(=O)O)=CC(O)[C@@H]3O)C(O)[C@@H]2O)[C@@H](O)C(OS(=O)(=O)O)[C@H]1O. The summed E-state index contributed by atoms with van der Waals surface area (Å²) in [7, 11) is -10.4. The maximum Gasteiger partial charge on any atom is 0.397 e. The lowest BCUT2D eigenvalue weighted by Gasteiger charge is -2.46. The number of aliphatic carboxylic acids is 2. The lowest BCUT2D eigenvalue weighted by Crippen LogP contribution is -2.59. The van der Waals surface area contributed by atoms with Gasteiger partial charge in [-0.2, -0.15) is 16.8 Å². The van der Waals surface area contributed by atoms with Gasteiger partial charge in [-0.25, -0.2) is 18.0 Å². The molecule has 0 radical (unpaired) electrons. The van der Waals surface area contributed by atoms with Gasteiger partial charge in [0.05, 0.1) is 83.4 Å². The Kier molecular flexibility index (Phi) is 23.3. The molecule has 38 heteroatoms. The molecule has 0 aromatic heterocycles. The molecule has 0 aromatic carbocycles. The Morgan fingerprint density at radius 1 is 0.506 bits per heavy atom. The van der Waals surface area contributed by atoms with E-state index in [9.17, 15) is 112 Å². The first-order valence-corrected chi connectivity index (χ1v) is 27.5. The second kappa shape index (κ2) is 28.3. The van der Waals surface area contributed by atoms with Crippen LogP contribution in [-0.4, -0.2) is 309 Å². The molecule has 6 rings (SSSR count). The molecule has 26 atom stereocenters. The number of hydrogen-bond donors (Lipinski definition) is 17. The molecule has 468 valence electrons. The van der Waals surface area contributed by atoms with Gasteiger partial charge < -0.3 is 129 Å². The van der Waals surface area contributed by atoms with Gasteiger partial charge in [-0.3, -0.25) is 9.11 Å². The van der Waals surface area contributed by atoms with Gasteiger partial charge in [0.2, 0.25) is 24.1 Å². The van der Waals surface area contributed by atoms with Crippen molar-refractivity contribution in [2.24, 2.45) is 23.7 Å². The monoisotopic (exact) mass is 1220 g/mol. The lowest BCUT2D eigenvalue weighted by molar-refractivity contribution is -0.287. The van der Waals surface area contributed by atoms with Crippen LogP contribution in [0.25, 0.3) is 0 Å². The van der Waals surface area contributed by atoms with Crippen molar-refractivity contribution in [3.05, 3.63) is 23.4 Å². The van der Waals surface area contributed by atoms with Crippen molar-refractivity contribution in [1.29, 1.82) is 0 Å². The predicted molar refractivity (Wildman–Crippen MR) is 249 cm³/mol. The second-order valence-corrected chi connectivity index (χ2v) is 21.9. The summed E-state index contributed by atoms with van der Waals surface area (Å²) in [5, 5.41) is 160. The number of ether oxygens (including phenoxy) is 11. The van der Waals surface area contributed by atoms with Crippen molar-refractivity contribution in [3.8, 4) is 0 Å². The average molecular weight is 1230 g/mol. The number of aliphatic hydroxyl groups is 13. The average Bonchev–Trinajstić information content (AvgIpc) is 3.42. The van der Waals surface area contributed by atoms with Crippen molar-refractivity contribution in [2.75, 3.05) is 59.5 Å². The van der Waals surface area contributed by atoms with E-state index in [-0.39, 0.29) is 0 Å². The summed E-state index contributed by atoms with van der Waals surface area (Å²) in [6, 6.07) is 0. The highest BCUT2D eigenvalue weighted by atomic mass is 32.3. The van der Waals surface area contributed by atoms with Gasteiger partial charge in [0.1, 0.15) is 92.1 Å². The van der Waals surface area contributed by atoms with Crippen LogP contribution in [0, 0.1) is 23.7 Å². The zero-order valence-corrected chi connectivity index (χ0v) is 44.3. The van der Waals surface area contributed by atoms with Gasteiger partial charge in [0.15, 0.2) is 12.0 Å². The number of aliphatic hydroxyl groups excluding tert-OH is 13. The Morgan fingerprint density at radius 2 is 0.975 bits per heavy atom. The summed E-state index contributed by atoms with van der Waals surface area (Å²) in [6.45, 7) is -4.19. The number of rotatable bonds is 25. The minimum atomic E-state index is -5.23. The molecule has 0 spiro atoms. The van der Waals surface area contributed by atoms with E-state index >= 15 is 0 Å². The molecule has 6 heterocycles. The third-order valence-corrected chi connectivity index (χ3v) is 15.3. The summed E-state index contributed by atoms with van der Waals surface area (Å²) in [4.78, 5) is 24.5. The van der Waals surface area contributed by atoms with Crippen LogP contribution in [0.3, 0.4) is 0 Å². The Labute approximate surface area is 459 Å². The summed E-state index contributed by atoms with van der Waals surface area (Å²) >= 11 is 0. The molecule has 36 nitrogen and oxygen atoms in total. The third kappa shape index (κ3) is 16.4. The minimum Gasteiger partial charge on any atom is -0.488 e. The first-order chi connectivity index (χ1) is 37.9. The molecule has 4 fully saturated rings.